The van der Waals surface area contributed by atoms with Gasteiger partial charge in [-0.1, -0.05) is 30.3 Å². The van der Waals surface area contributed by atoms with Crippen LogP contribution < -0.4 is 10.1 Å². The summed E-state index contributed by atoms with van der Waals surface area (Å²) in [5.41, 5.74) is 3.26. The van der Waals surface area contributed by atoms with E-state index in [1.54, 1.807) is 7.11 Å². The van der Waals surface area contributed by atoms with E-state index in [9.17, 15) is 4.79 Å². The number of imidazole rings is 1. The zero-order chi connectivity index (χ0) is 18.6. The third kappa shape index (κ3) is 3.97. The van der Waals surface area contributed by atoms with Gasteiger partial charge in [0.15, 0.2) is 0 Å². The molecule has 1 aliphatic rings. The van der Waals surface area contributed by atoms with Gasteiger partial charge >= 0.3 is 0 Å². The molecule has 0 bridgehead atoms. The van der Waals surface area contributed by atoms with Crippen LogP contribution in [0.15, 0.2) is 48.5 Å². The Hall–Kier alpha value is -2.82. The number of carbonyl (C=O) groups excluding carboxylic acids is 1. The van der Waals surface area contributed by atoms with Crippen LogP contribution in [-0.4, -0.2) is 29.1 Å². The number of carbonyl (C=O) groups is 1. The normalized spacial score (nSPS) is 13.7. The summed E-state index contributed by atoms with van der Waals surface area (Å²) in [6.45, 7) is 1.42. The van der Waals surface area contributed by atoms with E-state index in [4.69, 9.17) is 9.72 Å². The van der Waals surface area contributed by atoms with Crippen LogP contribution in [0.2, 0.25) is 0 Å². The Morgan fingerprint density at radius 1 is 1.19 bits per heavy atom. The highest BCUT2D eigenvalue weighted by molar-refractivity contribution is 5.80. The highest BCUT2D eigenvalue weighted by atomic mass is 16.5. The first kappa shape index (κ1) is 17.6. The van der Waals surface area contributed by atoms with Crippen LogP contribution in [0.5, 0.6) is 5.75 Å². The van der Waals surface area contributed by atoms with E-state index in [-0.39, 0.29) is 11.8 Å². The van der Waals surface area contributed by atoms with Crippen LogP contribution in [0.3, 0.4) is 0 Å². The fourth-order valence-corrected chi connectivity index (χ4v) is 3.44. The molecule has 1 aliphatic carbocycles. The molecule has 0 radical (unpaired) electrons. The van der Waals surface area contributed by atoms with E-state index in [0.29, 0.717) is 13.1 Å². The zero-order valence-corrected chi connectivity index (χ0v) is 15.6. The molecule has 140 valence electrons. The molecule has 1 N–H and O–H groups in total. The van der Waals surface area contributed by atoms with E-state index in [1.165, 1.54) is 0 Å². The van der Waals surface area contributed by atoms with Crippen molar-refractivity contribution in [3.05, 3.63) is 59.9 Å². The molecule has 0 saturated heterocycles. The molecular weight excluding hydrogens is 338 g/mol. The van der Waals surface area contributed by atoms with Crippen molar-refractivity contribution in [3.8, 4) is 5.75 Å². The second-order valence-corrected chi connectivity index (χ2v) is 7.08. The molecule has 1 fully saturated rings. The number of hydrogen-bond acceptors (Lipinski definition) is 3. The van der Waals surface area contributed by atoms with E-state index in [2.05, 4.69) is 22.0 Å². The summed E-state index contributed by atoms with van der Waals surface area (Å²) in [6.07, 6.45) is 3.80. The molecule has 5 heteroatoms. The van der Waals surface area contributed by atoms with Gasteiger partial charge in [-0.05, 0) is 37.5 Å². The molecule has 1 aromatic heterocycles. The number of benzene rings is 2. The lowest BCUT2D eigenvalue weighted by Crippen LogP contribution is -2.26. The monoisotopic (exact) mass is 363 g/mol. The maximum absolute atomic E-state index is 11.8. The summed E-state index contributed by atoms with van der Waals surface area (Å²) in [5.74, 6) is 2.40. The lowest BCUT2D eigenvalue weighted by molar-refractivity contribution is -0.122. The van der Waals surface area contributed by atoms with Gasteiger partial charge in [0.25, 0.3) is 0 Å². The number of fused-ring (bicyclic) bond motifs is 1. The van der Waals surface area contributed by atoms with Gasteiger partial charge < -0.3 is 14.6 Å². The highest BCUT2D eigenvalue weighted by Crippen LogP contribution is 2.28. The second-order valence-electron chi connectivity index (χ2n) is 7.08. The average Bonchev–Trinajstić information content (AvgIpc) is 3.49. The smallest absolute Gasteiger partial charge is 0.223 e. The molecule has 0 aliphatic heterocycles. The fraction of sp³-hybridized carbons (Fsp3) is 0.364. The average molecular weight is 363 g/mol. The number of nitrogens with zero attached hydrogens (tertiary/aromatic N) is 2. The molecule has 2 aromatic carbocycles. The minimum absolute atomic E-state index is 0.206. The van der Waals surface area contributed by atoms with Gasteiger partial charge in [0.1, 0.15) is 11.6 Å². The summed E-state index contributed by atoms with van der Waals surface area (Å²) < 4.78 is 7.78. The van der Waals surface area contributed by atoms with Gasteiger partial charge in [0.2, 0.25) is 5.91 Å². The topological polar surface area (TPSA) is 56.1 Å². The van der Waals surface area contributed by atoms with Gasteiger partial charge in [0, 0.05) is 24.4 Å². The van der Waals surface area contributed by atoms with Crippen LogP contribution in [0, 0.1) is 5.92 Å². The molecule has 1 heterocycles. The third-order valence-corrected chi connectivity index (χ3v) is 5.08. The van der Waals surface area contributed by atoms with Crippen LogP contribution in [0.1, 0.15) is 30.7 Å². The van der Waals surface area contributed by atoms with Crippen molar-refractivity contribution < 1.29 is 9.53 Å². The second kappa shape index (κ2) is 7.82. The number of aryl methyl sites for hydroxylation is 1. The molecule has 1 saturated carbocycles. The Morgan fingerprint density at radius 3 is 2.78 bits per heavy atom. The SMILES string of the molecule is COc1ccccc1Cn1c(CCCNC(=O)C2CC2)nc2ccccc21. The summed E-state index contributed by atoms with van der Waals surface area (Å²) in [7, 11) is 1.70. The van der Waals surface area contributed by atoms with Crippen LogP contribution in [0.25, 0.3) is 11.0 Å². The number of ether oxygens (including phenoxy) is 1. The summed E-state index contributed by atoms with van der Waals surface area (Å²) in [6, 6.07) is 16.3. The minimum atomic E-state index is 0.206. The van der Waals surface area contributed by atoms with Crippen molar-refractivity contribution in [2.45, 2.75) is 32.2 Å². The summed E-state index contributed by atoms with van der Waals surface area (Å²) in [4.78, 5) is 16.6. The van der Waals surface area contributed by atoms with Gasteiger partial charge in [-0.2, -0.15) is 0 Å². The number of amides is 1. The first-order chi connectivity index (χ1) is 13.3. The zero-order valence-electron chi connectivity index (χ0n) is 15.6. The first-order valence-corrected chi connectivity index (χ1v) is 9.60. The summed E-state index contributed by atoms with van der Waals surface area (Å²) in [5, 5.41) is 3.04. The van der Waals surface area contributed by atoms with Crippen molar-refractivity contribution in [2.24, 2.45) is 5.92 Å². The van der Waals surface area contributed by atoms with Gasteiger partial charge in [-0.25, -0.2) is 4.98 Å². The molecule has 1 amide bonds. The number of rotatable bonds is 8. The quantitative estimate of drug-likeness (QED) is 0.623. The minimum Gasteiger partial charge on any atom is -0.496 e. The summed E-state index contributed by atoms with van der Waals surface area (Å²) >= 11 is 0. The van der Waals surface area contributed by atoms with E-state index in [0.717, 1.165) is 53.9 Å². The number of nitrogens with one attached hydrogen (secondary N) is 1. The van der Waals surface area contributed by atoms with Crippen LogP contribution in [-0.2, 0) is 17.8 Å². The third-order valence-electron chi connectivity index (χ3n) is 5.08. The molecule has 3 aromatic rings. The van der Waals surface area contributed by atoms with E-state index >= 15 is 0 Å². The molecule has 0 spiro atoms. The Labute approximate surface area is 159 Å². The number of para-hydroxylation sites is 3. The number of aromatic nitrogens is 2. The van der Waals surface area contributed by atoms with Gasteiger partial charge in [0.05, 0.1) is 24.7 Å². The standard InChI is InChI=1S/C22H25N3O2/c1-27-20-10-5-2-7-17(20)15-25-19-9-4-3-8-18(19)24-21(25)11-6-14-23-22(26)16-12-13-16/h2-5,7-10,16H,6,11-15H2,1H3,(H,23,26). The Morgan fingerprint density at radius 2 is 1.96 bits per heavy atom. The lowest BCUT2D eigenvalue weighted by Gasteiger charge is -2.13. The predicted octanol–water partition coefficient (Wildman–Crippen LogP) is 3.55. The van der Waals surface area contributed by atoms with E-state index in [1.807, 2.05) is 36.4 Å². The highest BCUT2D eigenvalue weighted by Gasteiger charge is 2.29. The Kier molecular flexibility index (Phi) is 5.10. The van der Waals surface area contributed by atoms with Crippen molar-refractivity contribution >= 4 is 16.9 Å². The Balaban J connectivity index is 1.52. The molecule has 0 atom stereocenters. The van der Waals surface area contributed by atoms with Crippen molar-refractivity contribution in [1.29, 1.82) is 0 Å². The van der Waals surface area contributed by atoms with Gasteiger partial charge in [-0.15, -0.1) is 0 Å². The van der Waals surface area contributed by atoms with Crippen molar-refractivity contribution in [3.63, 3.8) is 0 Å². The van der Waals surface area contributed by atoms with Crippen LogP contribution in [0.4, 0.5) is 0 Å². The number of hydrogen-bond donors (Lipinski definition) is 1. The van der Waals surface area contributed by atoms with Crippen LogP contribution >= 0.6 is 0 Å². The maximum Gasteiger partial charge on any atom is 0.223 e. The van der Waals surface area contributed by atoms with E-state index < -0.39 is 0 Å². The molecule has 0 unspecified atom stereocenters. The lowest BCUT2D eigenvalue weighted by atomic mass is 10.2. The number of methoxy groups -OCH3 is 1. The molecular formula is C22H25N3O2. The largest absolute Gasteiger partial charge is 0.496 e. The fourth-order valence-electron chi connectivity index (χ4n) is 3.44. The van der Waals surface area contributed by atoms with Crippen molar-refractivity contribution in [2.75, 3.05) is 13.7 Å². The molecule has 27 heavy (non-hydrogen) atoms. The maximum atomic E-state index is 11.8. The first-order valence-electron chi connectivity index (χ1n) is 9.60. The van der Waals surface area contributed by atoms with Crippen molar-refractivity contribution in [1.82, 2.24) is 14.9 Å². The predicted molar refractivity (Wildman–Crippen MR) is 106 cm³/mol. The van der Waals surface area contributed by atoms with Gasteiger partial charge in [-0.3, -0.25) is 4.79 Å². The molecule has 4 rings (SSSR count). The Bertz CT molecular complexity index is 944. The molecule has 5 nitrogen and oxygen atoms in total.